The predicted octanol–water partition coefficient (Wildman–Crippen LogP) is 0.0763. The number of rotatable bonds is 21. The average Bonchev–Trinajstić information content (AvgIpc) is 3.60. The number of carbonyl (C=O) groups excluding carboxylic acids is 6. The van der Waals surface area contributed by atoms with Gasteiger partial charge in [-0.3, -0.25) is 28.8 Å². The number of ether oxygens (including phenoxy) is 9. The van der Waals surface area contributed by atoms with E-state index in [1.165, 1.54) is 0 Å². The van der Waals surface area contributed by atoms with E-state index in [-0.39, 0.29) is 45.3 Å². The Labute approximate surface area is 303 Å². The number of aromatic nitrogens is 4. The molecule has 23 nitrogen and oxygen atoms in total. The van der Waals surface area contributed by atoms with Gasteiger partial charge in [0.05, 0.1) is 52.0 Å². The second-order valence-corrected chi connectivity index (χ2v) is 12.3. The molecule has 1 aliphatic heterocycles. The number of H-pyrrole nitrogens is 1. The van der Waals surface area contributed by atoms with Crippen LogP contribution in [0.25, 0.3) is 10.4 Å². The average molecular weight is 759 g/mol. The maximum absolute atomic E-state index is 13.0. The van der Waals surface area contributed by atoms with Crippen molar-refractivity contribution in [2.45, 2.75) is 103 Å². The van der Waals surface area contributed by atoms with Gasteiger partial charge >= 0.3 is 29.8 Å². The monoisotopic (exact) mass is 758 g/mol. The minimum Gasteiger partial charge on any atom is -0.460 e. The van der Waals surface area contributed by atoms with Crippen molar-refractivity contribution < 1.29 is 71.4 Å². The molecule has 0 spiro atoms. The highest BCUT2D eigenvalue weighted by Gasteiger charge is 2.57. The lowest BCUT2D eigenvalue weighted by molar-refractivity contribution is -0.334. The summed E-state index contributed by atoms with van der Waals surface area (Å²) in [6, 6.07) is -1.42. The number of aromatic amines is 1. The quantitative estimate of drug-likeness (QED) is 0.0419. The number of azide groups is 1. The zero-order chi connectivity index (χ0) is 39.6. The molecule has 296 valence electrons. The van der Waals surface area contributed by atoms with E-state index in [1.807, 2.05) is 0 Å². The Kier molecular flexibility index (Phi) is 18.0. The Morgan fingerprint density at radius 1 is 0.981 bits per heavy atom. The van der Waals surface area contributed by atoms with Crippen molar-refractivity contribution in [1.82, 2.24) is 25.9 Å². The maximum Gasteiger partial charge on any atom is 0.308 e. The van der Waals surface area contributed by atoms with Gasteiger partial charge in [-0.15, -0.1) is 10.2 Å². The SMILES string of the molecule is CC(=O)OCC(=O)N[C@H]1[C@H]([C@H](OC(C)=O)[C@@H](CN=[N+]=[N-])OC(C)=O)O[C@@](OCCOCCOCCC(=O)OC(C)(C)C)(c2nn[nH]n2)C[C@@H]1OC(C)=O. The van der Waals surface area contributed by atoms with E-state index in [1.54, 1.807) is 20.8 Å². The first-order valence-electron chi connectivity index (χ1n) is 16.3. The summed E-state index contributed by atoms with van der Waals surface area (Å²) in [5, 5.41) is 19.9. The van der Waals surface area contributed by atoms with Gasteiger partial charge < -0.3 is 47.9 Å². The van der Waals surface area contributed by atoms with Gasteiger partial charge in [-0.25, -0.2) is 0 Å². The highest BCUT2D eigenvalue weighted by Crippen LogP contribution is 2.41. The number of esters is 5. The summed E-state index contributed by atoms with van der Waals surface area (Å²) in [7, 11) is 0. The van der Waals surface area contributed by atoms with E-state index < -0.39 is 97.2 Å². The van der Waals surface area contributed by atoms with E-state index in [4.69, 9.17) is 48.2 Å². The van der Waals surface area contributed by atoms with Gasteiger partial charge in [0.1, 0.15) is 23.9 Å². The lowest BCUT2D eigenvalue weighted by atomic mass is 9.87. The second kappa shape index (κ2) is 21.5. The number of nitrogens with zero attached hydrogens (tertiary/aromatic N) is 6. The molecule has 23 heteroatoms. The molecule has 2 heterocycles. The summed E-state index contributed by atoms with van der Waals surface area (Å²) in [5.41, 5.74) is 8.43. The molecule has 53 heavy (non-hydrogen) atoms. The molecule has 0 bridgehead atoms. The van der Waals surface area contributed by atoms with Gasteiger partial charge in [-0.1, -0.05) is 5.11 Å². The molecular weight excluding hydrogens is 712 g/mol. The van der Waals surface area contributed by atoms with Crippen LogP contribution in [0.2, 0.25) is 0 Å². The van der Waals surface area contributed by atoms with Crippen molar-refractivity contribution in [2.24, 2.45) is 5.11 Å². The van der Waals surface area contributed by atoms with Crippen LogP contribution in [0.4, 0.5) is 0 Å². The van der Waals surface area contributed by atoms with Crippen LogP contribution in [-0.4, -0.2) is 139 Å². The zero-order valence-electron chi connectivity index (χ0n) is 30.6. The van der Waals surface area contributed by atoms with E-state index in [9.17, 15) is 28.8 Å². The van der Waals surface area contributed by atoms with Gasteiger partial charge in [0.2, 0.25) is 11.6 Å². The van der Waals surface area contributed by atoms with Crippen LogP contribution in [0.3, 0.4) is 0 Å². The normalized spacial score (nSPS) is 20.8. The molecule has 1 fully saturated rings. The first-order valence-corrected chi connectivity index (χ1v) is 16.3. The van der Waals surface area contributed by atoms with Crippen LogP contribution in [-0.2, 0) is 77.2 Å². The molecule has 0 aliphatic carbocycles. The second-order valence-electron chi connectivity index (χ2n) is 12.3. The molecule has 0 saturated carbocycles. The predicted molar refractivity (Wildman–Crippen MR) is 173 cm³/mol. The third kappa shape index (κ3) is 16.1. The van der Waals surface area contributed by atoms with Crippen LogP contribution in [0, 0.1) is 0 Å². The summed E-state index contributed by atoms with van der Waals surface area (Å²) in [4.78, 5) is 76.0. The molecule has 0 unspecified atom stereocenters. The van der Waals surface area contributed by atoms with E-state index in [0.717, 1.165) is 27.7 Å². The molecule has 1 aromatic rings. The van der Waals surface area contributed by atoms with Crippen LogP contribution in [0.15, 0.2) is 5.11 Å². The topological polar surface area (TPSA) is 301 Å². The minimum absolute atomic E-state index is 0.0519. The molecule has 0 aromatic carbocycles. The fourth-order valence-electron chi connectivity index (χ4n) is 4.96. The molecular formula is C30H46N8O15. The minimum atomic E-state index is -2.07. The van der Waals surface area contributed by atoms with Crippen molar-refractivity contribution in [3.63, 3.8) is 0 Å². The number of nitrogens with one attached hydrogen (secondary N) is 2. The van der Waals surface area contributed by atoms with Gasteiger partial charge in [0.15, 0.2) is 12.7 Å². The standard InChI is InChI=1S/C30H46N8O15/c1-17(39)47-16-23(43)33-25-21(49-18(2)40)14-30(28-34-37-38-35-28,48-13-12-46-11-10-45-9-8-24(44)52-29(5,6)7)53-27(25)26(51-20(4)42)22(15-32-36-31)50-19(3)41/h21-22,25-27H,8-16H2,1-7H3,(H,33,43)(H,34,35,37,38)/t21-,22+,25+,26+,27+,30+/m0/s1. The fourth-order valence-corrected chi connectivity index (χ4v) is 4.96. The van der Waals surface area contributed by atoms with E-state index >= 15 is 0 Å². The van der Waals surface area contributed by atoms with E-state index in [2.05, 4.69) is 36.0 Å². The first-order chi connectivity index (χ1) is 25.0. The lowest BCUT2D eigenvalue weighted by Crippen LogP contribution is -2.67. The van der Waals surface area contributed by atoms with Crippen molar-refractivity contribution in [1.29, 1.82) is 0 Å². The van der Waals surface area contributed by atoms with Gasteiger partial charge in [-0.2, -0.15) is 5.21 Å². The number of tetrazole rings is 1. The van der Waals surface area contributed by atoms with E-state index in [0.29, 0.717) is 0 Å². The van der Waals surface area contributed by atoms with Gasteiger partial charge in [0, 0.05) is 39.0 Å². The van der Waals surface area contributed by atoms with Crippen LogP contribution >= 0.6 is 0 Å². The Hall–Kier alpha value is -4.96. The molecule has 1 aliphatic rings. The molecule has 2 rings (SSSR count). The largest absolute Gasteiger partial charge is 0.460 e. The maximum atomic E-state index is 13.0. The summed E-state index contributed by atoms with van der Waals surface area (Å²) in [5.74, 6) is -6.95. The van der Waals surface area contributed by atoms with Crippen LogP contribution < -0.4 is 5.32 Å². The van der Waals surface area contributed by atoms with Crippen molar-refractivity contribution in [2.75, 3.05) is 46.2 Å². The highest BCUT2D eigenvalue weighted by molar-refractivity contribution is 5.80. The third-order valence-electron chi connectivity index (χ3n) is 6.73. The van der Waals surface area contributed by atoms with Gasteiger partial charge in [0.25, 0.3) is 5.91 Å². The van der Waals surface area contributed by atoms with Crippen molar-refractivity contribution in [3.8, 4) is 0 Å². The highest BCUT2D eigenvalue weighted by atomic mass is 16.7. The number of carbonyl (C=O) groups is 6. The first kappa shape index (κ1) is 44.2. The van der Waals surface area contributed by atoms with Crippen molar-refractivity contribution in [3.05, 3.63) is 16.3 Å². The molecule has 2 N–H and O–H groups in total. The van der Waals surface area contributed by atoms with Crippen LogP contribution in [0.1, 0.15) is 67.1 Å². The third-order valence-corrected chi connectivity index (χ3v) is 6.73. The Morgan fingerprint density at radius 2 is 1.64 bits per heavy atom. The Morgan fingerprint density at radius 3 is 2.21 bits per heavy atom. The van der Waals surface area contributed by atoms with Gasteiger partial charge in [-0.05, 0) is 31.5 Å². The van der Waals surface area contributed by atoms with Crippen LogP contribution in [0.5, 0.6) is 0 Å². The summed E-state index contributed by atoms with van der Waals surface area (Å²) in [6.07, 6.45) is -6.58. The number of amides is 1. The number of hydrogen-bond acceptors (Lipinski definition) is 19. The smallest absolute Gasteiger partial charge is 0.308 e. The molecule has 0 radical (unpaired) electrons. The summed E-state index contributed by atoms with van der Waals surface area (Å²) < 4.78 is 50.2. The summed E-state index contributed by atoms with van der Waals surface area (Å²) >= 11 is 0. The number of hydrogen-bond donors (Lipinski definition) is 2. The molecule has 6 atom stereocenters. The molecule has 1 aromatic heterocycles. The fraction of sp³-hybridized carbons (Fsp3) is 0.767. The molecule has 1 saturated heterocycles. The summed E-state index contributed by atoms with van der Waals surface area (Å²) in [6.45, 7) is 8.25. The Bertz CT molecular complexity index is 1430. The van der Waals surface area contributed by atoms with Crippen molar-refractivity contribution >= 4 is 35.8 Å². The zero-order valence-corrected chi connectivity index (χ0v) is 30.6. The molecule has 1 amide bonds. The Balaban J connectivity index is 2.42. The lowest BCUT2D eigenvalue weighted by Gasteiger charge is -2.48.